The molecule has 0 N–H and O–H groups in total. The summed E-state index contributed by atoms with van der Waals surface area (Å²) in [4.78, 5) is 16.6. The van der Waals surface area contributed by atoms with Gasteiger partial charge in [0.25, 0.3) is 5.91 Å². The van der Waals surface area contributed by atoms with Crippen LogP contribution < -0.4 is 4.74 Å². The highest BCUT2D eigenvalue weighted by Gasteiger charge is 2.22. The molecule has 132 valence electrons. The molecule has 6 heteroatoms. The van der Waals surface area contributed by atoms with Crippen LogP contribution in [0, 0.1) is 5.82 Å². The molecule has 2 aromatic rings. The number of amides is 1. The van der Waals surface area contributed by atoms with Gasteiger partial charge >= 0.3 is 0 Å². The van der Waals surface area contributed by atoms with Crippen LogP contribution in [0.4, 0.5) is 4.39 Å². The summed E-state index contributed by atoms with van der Waals surface area (Å²) in [6, 6.07) is 11.8. The van der Waals surface area contributed by atoms with E-state index in [4.69, 9.17) is 4.74 Å². The maximum atomic E-state index is 13.0. The van der Waals surface area contributed by atoms with Crippen LogP contribution in [-0.4, -0.2) is 49.0 Å². The normalized spacial score (nSPS) is 15.2. The number of carbonyl (C=O) groups is 1. The average molecular weight is 407 g/mol. The summed E-state index contributed by atoms with van der Waals surface area (Å²) >= 11 is 3.51. The third-order valence-electron chi connectivity index (χ3n) is 4.37. The molecule has 1 heterocycles. The van der Waals surface area contributed by atoms with Crippen LogP contribution in [0.3, 0.4) is 0 Å². The molecular weight excluding hydrogens is 387 g/mol. The summed E-state index contributed by atoms with van der Waals surface area (Å²) in [5, 5.41) is 0. The smallest absolute Gasteiger partial charge is 0.253 e. The van der Waals surface area contributed by atoms with Crippen LogP contribution >= 0.6 is 15.9 Å². The maximum absolute atomic E-state index is 13.0. The van der Waals surface area contributed by atoms with E-state index in [0.717, 1.165) is 29.9 Å². The first-order chi connectivity index (χ1) is 12.1. The van der Waals surface area contributed by atoms with Gasteiger partial charge < -0.3 is 9.64 Å². The van der Waals surface area contributed by atoms with Crippen LogP contribution in [0.5, 0.6) is 5.75 Å². The average Bonchev–Trinajstić information content (AvgIpc) is 2.63. The minimum Gasteiger partial charge on any atom is -0.496 e. The van der Waals surface area contributed by atoms with Gasteiger partial charge in [-0.25, -0.2) is 4.39 Å². The van der Waals surface area contributed by atoms with Crippen LogP contribution in [0.25, 0.3) is 0 Å². The topological polar surface area (TPSA) is 32.8 Å². The molecule has 0 spiro atoms. The number of nitrogens with zero attached hydrogens (tertiary/aromatic N) is 2. The molecule has 0 bridgehead atoms. The summed E-state index contributed by atoms with van der Waals surface area (Å²) in [6.07, 6.45) is 0. The standard InChI is InChI=1S/C19H20BrFN2O2/c1-25-18-7-2-14(12-17(18)20)13-22-8-10-23(11-9-22)19(24)15-3-5-16(21)6-4-15/h2-7,12H,8-11,13H2,1H3. The summed E-state index contributed by atoms with van der Waals surface area (Å²) < 4.78 is 19.2. The van der Waals surface area contributed by atoms with E-state index in [-0.39, 0.29) is 11.7 Å². The Kier molecular flexibility index (Phi) is 5.71. The van der Waals surface area contributed by atoms with Crippen LogP contribution in [0.1, 0.15) is 15.9 Å². The van der Waals surface area contributed by atoms with Gasteiger partial charge in [0.05, 0.1) is 11.6 Å². The number of hydrogen-bond acceptors (Lipinski definition) is 3. The number of rotatable bonds is 4. The summed E-state index contributed by atoms with van der Waals surface area (Å²) in [6.45, 7) is 3.81. The van der Waals surface area contributed by atoms with E-state index in [1.165, 1.54) is 17.7 Å². The van der Waals surface area contributed by atoms with Gasteiger partial charge in [-0.15, -0.1) is 0 Å². The molecule has 0 saturated carbocycles. The lowest BCUT2D eigenvalue weighted by molar-refractivity contribution is 0.0628. The van der Waals surface area contributed by atoms with Crippen molar-refractivity contribution in [3.63, 3.8) is 0 Å². The second-order valence-electron chi connectivity index (χ2n) is 6.04. The van der Waals surface area contributed by atoms with Gasteiger partial charge in [0.2, 0.25) is 0 Å². The van der Waals surface area contributed by atoms with Crippen LogP contribution in [0.15, 0.2) is 46.9 Å². The minimum absolute atomic E-state index is 0.0353. The number of carbonyl (C=O) groups excluding carboxylic acids is 1. The van der Waals surface area contributed by atoms with Crippen molar-refractivity contribution >= 4 is 21.8 Å². The van der Waals surface area contributed by atoms with Crippen molar-refractivity contribution in [2.45, 2.75) is 6.54 Å². The molecule has 0 aromatic heterocycles. The van der Waals surface area contributed by atoms with E-state index >= 15 is 0 Å². The third kappa shape index (κ3) is 4.38. The summed E-state index contributed by atoms with van der Waals surface area (Å²) in [5.74, 6) is 0.456. The molecular formula is C19H20BrFN2O2. The number of ether oxygens (including phenoxy) is 1. The second-order valence-corrected chi connectivity index (χ2v) is 6.90. The molecule has 1 fully saturated rings. The van der Waals surface area contributed by atoms with Gasteiger partial charge in [-0.05, 0) is 57.9 Å². The lowest BCUT2D eigenvalue weighted by Gasteiger charge is -2.34. The number of methoxy groups -OCH3 is 1. The minimum atomic E-state index is -0.327. The Morgan fingerprint density at radius 2 is 1.80 bits per heavy atom. The first-order valence-corrected chi connectivity index (χ1v) is 8.96. The molecule has 2 aromatic carbocycles. The molecule has 25 heavy (non-hydrogen) atoms. The lowest BCUT2D eigenvalue weighted by atomic mass is 10.1. The highest BCUT2D eigenvalue weighted by atomic mass is 79.9. The van der Waals surface area contributed by atoms with Crippen molar-refractivity contribution in [3.8, 4) is 5.75 Å². The fraction of sp³-hybridized carbons (Fsp3) is 0.316. The zero-order chi connectivity index (χ0) is 17.8. The molecule has 0 unspecified atom stereocenters. The predicted molar refractivity (Wildman–Crippen MR) is 98.3 cm³/mol. The quantitative estimate of drug-likeness (QED) is 0.777. The fourth-order valence-corrected chi connectivity index (χ4v) is 3.54. The third-order valence-corrected chi connectivity index (χ3v) is 4.99. The highest BCUT2D eigenvalue weighted by Crippen LogP contribution is 2.26. The highest BCUT2D eigenvalue weighted by molar-refractivity contribution is 9.10. The molecule has 0 atom stereocenters. The summed E-state index contributed by atoms with van der Waals surface area (Å²) in [5.41, 5.74) is 1.74. The molecule has 3 rings (SSSR count). The van der Waals surface area contributed by atoms with Crippen LogP contribution in [0.2, 0.25) is 0 Å². The Morgan fingerprint density at radius 1 is 1.12 bits per heavy atom. The van der Waals surface area contributed by atoms with E-state index in [9.17, 15) is 9.18 Å². The van der Waals surface area contributed by atoms with Gasteiger partial charge in [-0.1, -0.05) is 6.07 Å². The van der Waals surface area contributed by atoms with Crippen molar-refractivity contribution in [3.05, 3.63) is 63.9 Å². The molecule has 1 saturated heterocycles. The van der Waals surface area contributed by atoms with E-state index in [0.29, 0.717) is 18.7 Å². The number of piperazine rings is 1. The fourth-order valence-electron chi connectivity index (χ4n) is 2.95. The van der Waals surface area contributed by atoms with E-state index in [1.54, 1.807) is 19.2 Å². The van der Waals surface area contributed by atoms with Gasteiger partial charge in [0.1, 0.15) is 11.6 Å². The molecule has 0 aliphatic carbocycles. The molecule has 1 aliphatic heterocycles. The Bertz CT molecular complexity index is 744. The van der Waals surface area contributed by atoms with Crippen LogP contribution in [-0.2, 0) is 6.54 Å². The van der Waals surface area contributed by atoms with Crippen molar-refractivity contribution in [1.82, 2.24) is 9.80 Å². The van der Waals surface area contributed by atoms with Gasteiger partial charge in [0.15, 0.2) is 0 Å². The Balaban J connectivity index is 1.55. The first-order valence-electron chi connectivity index (χ1n) is 8.16. The molecule has 1 aliphatic rings. The summed E-state index contributed by atoms with van der Waals surface area (Å²) in [7, 11) is 1.65. The van der Waals surface area contributed by atoms with E-state index in [1.807, 2.05) is 11.0 Å². The molecule has 4 nitrogen and oxygen atoms in total. The second kappa shape index (κ2) is 7.97. The first kappa shape index (κ1) is 17.9. The Hall–Kier alpha value is -1.92. The van der Waals surface area contributed by atoms with Crippen molar-refractivity contribution in [2.75, 3.05) is 33.3 Å². The van der Waals surface area contributed by atoms with Crippen molar-refractivity contribution in [2.24, 2.45) is 0 Å². The Labute approximate surface area is 155 Å². The predicted octanol–water partition coefficient (Wildman–Crippen LogP) is 3.55. The number of benzene rings is 2. The lowest BCUT2D eigenvalue weighted by Crippen LogP contribution is -2.48. The number of halogens is 2. The van der Waals surface area contributed by atoms with Gasteiger partial charge in [-0.2, -0.15) is 0 Å². The Morgan fingerprint density at radius 3 is 2.40 bits per heavy atom. The van der Waals surface area contributed by atoms with E-state index < -0.39 is 0 Å². The maximum Gasteiger partial charge on any atom is 0.253 e. The van der Waals surface area contributed by atoms with Crippen molar-refractivity contribution < 1.29 is 13.9 Å². The molecule has 1 amide bonds. The largest absolute Gasteiger partial charge is 0.496 e. The SMILES string of the molecule is COc1ccc(CN2CCN(C(=O)c3ccc(F)cc3)CC2)cc1Br. The molecule has 0 radical (unpaired) electrons. The number of hydrogen-bond donors (Lipinski definition) is 0. The van der Waals surface area contributed by atoms with Gasteiger partial charge in [0, 0.05) is 38.3 Å². The zero-order valence-corrected chi connectivity index (χ0v) is 15.6. The zero-order valence-electron chi connectivity index (χ0n) is 14.0. The monoisotopic (exact) mass is 406 g/mol. The van der Waals surface area contributed by atoms with Crippen molar-refractivity contribution in [1.29, 1.82) is 0 Å². The van der Waals surface area contributed by atoms with Gasteiger partial charge in [-0.3, -0.25) is 9.69 Å². The van der Waals surface area contributed by atoms with E-state index in [2.05, 4.69) is 33.0 Å².